The van der Waals surface area contributed by atoms with E-state index in [1.807, 2.05) is 0 Å². The van der Waals surface area contributed by atoms with Crippen LogP contribution in [0.5, 0.6) is 0 Å². The van der Waals surface area contributed by atoms with Gasteiger partial charge in [-0.25, -0.2) is 8.42 Å². The van der Waals surface area contributed by atoms with Gasteiger partial charge in [0.25, 0.3) is 0 Å². The molecule has 9 heteroatoms. The molecule has 122 valence electrons. The van der Waals surface area contributed by atoms with Gasteiger partial charge in [-0.15, -0.1) is 0 Å². The van der Waals surface area contributed by atoms with Gasteiger partial charge in [0.15, 0.2) is 0 Å². The molecule has 0 N–H and O–H groups in total. The average molecular weight is 335 g/mol. The van der Waals surface area contributed by atoms with Gasteiger partial charge in [-0.05, 0) is 0 Å². The lowest BCUT2D eigenvalue weighted by molar-refractivity contribution is -0.00664. The summed E-state index contributed by atoms with van der Waals surface area (Å²) >= 11 is 0. The van der Waals surface area contributed by atoms with Gasteiger partial charge >= 0.3 is 0 Å². The molecule has 0 unspecified atom stereocenters. The van der Waals surface area contributed by atoms with E-state index in [2.05, 4.69) is 0 Å². The molecule has 0 amide bonds. The summed E-state index contributed by atoms with van der Waals surface area (Å²) in [5.74, 6) is -0.194. The Morgan fingerprint density at radius 3 is 1.40 bits per heavy atom. The predicted octanol–water partition coefficient (Wildman–Crippen LogP) is 0.268. The Hall–Kier alpha value is 0.0400. The number of hydrogen-bond acceptors (Lipinski definition) is 7. The maximum atomic E-state index is 10.6. The molecule has 0 aromatic rings. The van der Waals surface area contributed by atoms with Crippen LogP contribution in [0.1, 0.15) is 0 Å². The highest BCUT2D eigenvalue weighted by Crippen LogP contribution is 1.95. The largest absolute Gasteiger partial charge is 0.382 e. The second-order valence-electron chi connectivity index (χ2n) is 3.69. The van der Waals surface area contributed by atoms with Crippen molar-refractivity contribution in [2.45, 2.75) is 0 Å². The molecule has 0 aliphatic rings. The molecule has 0 aliphatic carbocycles. The molecule has 7 nitrogen and oxygen atoms in total. The molecule has 20 heavy (non-hydrogen) atoms. The van der Waals surface area contributed by atoms with E-state index in [4.69, 9.17) is 34.4 Å². The minimum atomic E-state index is -3.47. The fourth-order valence-corrected chi connectivity index (χ4v) is 1.57. The topological polar surface area (TPSA) is 80.3 Å². The molecule has 0 rings (SSSR count). The lowest BCUT2D eigenvalue weighted by atomic mass is 10.7. The molecule has 0 saturated carbocycles. The molecule has 0 aromatic heterocycles. The van der Waals surface area contributed by atoms with Crippen molar-refractivity contribution in [3.8, 4) is 0 Å². The van der Waals surface area contributed by atoms with Crippen molar-refractivity contribution >= 4 is 19.7 Å². The van der Waals surface area contributed by atoms with Gasteiger partial charge in [0.2, 0.25) is 9.05 Å². The number of halogens is 1. The normalized spacial score (nSPS) is 11.9. The lowest BCUT2D eigenvalue weighted by Gasteiger charge is -2.07. The third-order valence-electron chi connectivity index (χ3n) is 2.02. The lowest BCUT2D eigenvalue weighted by Crippen LogP contribution is -2.14. The predicted molar refractivity (Wildman–Crippen MR) is 74.8 cm³/mol. The highest BCUT2D eigenvalue weighted by atomic mass is 35.7. The van der Waals surface area contributed by atoms with Crippen molar-refractivity contribution in [2.24, 2.45) is 0 Å². The van der Waals surface area contributed by atoms with Crippen molar-refractivity contribution in [1.82, 2.24) is 0 Å². The molecular weight excluding hydrogens is 312 g/mol. The maximum absolute atomic E-state index is 10.6. The average Bonchev–Trinajstić information content (AvgIpc) is 2.38. The second-order valence-corrected chi connectivity index (χ2v) is 6.58. The Kier molecular flexibility index (Phi) is 14.0. The van der Waals surface area contributed by atoms with Crippen molar-refractivity contribution in [3.63, 3.8) is 0 Å². The van der Waals surface area contributed by atoms with Crippen LogP contribution in [0.4, 0.5) is 0 Å². The van der Waals surface area contributed by atoms with Crippen LogP contribution in [0.3, 0.4) is 0 Å². The van der Waals surface area contributed by atoms with Crippen LogP contribution in [-0.2, 0) is 32.7 Å². The van der Waals surface area contributed by atoms with Crippen LogP contribution in [0.25, 0.3) is 0 Å². The number of hydrogen-bond donors (Lipinski definition) is 0. The molecule has 0 atom stereocenters. The molecule has 0 spiro atoms. The molecule has 0 heterocycles. The van der Waals surface area contributed by atoms with Crippen LogP contribution in [-0.4, -0.2) is 80.7 Å². The van der Waals surface area contributed by atoms with E-state index < -0.39 is 9.05 Å². The summed E-state index contributed by atoms with van der Waals surface area (Å²) < 4.78 is 46.7. The first-order valence-electron chi connectivity index (χ1n) is 6.28. The van der Waals surface area contributed by atoms with Crippen LogP contribution in [0, 0.1) is 0 Å². The Morgan fingerprint density at radius 1 is 0.700 bits per heavy atom. The van der Waals surface area contributed by atoms with Gasteiger partial charge in [0, 0.05) is 17.8 Å². The van der Waals surface area contributed by atoms with Gasteiger partial charge in [0.05, 0.1) is 65.2 Å². The quantitative estimate of drug-likeness (QED) is 0.314. The Labute approximate surface area is 124 Å². The monoisotopic (exact) mass is 334 g/mol. The summed E-state index contributed by atoms with van der Waals surface area (Å²) in [7, 11) is 3.16. The van der Waals surface area contributed by atoms with Crippen molar-refractivity contribution in [1.29, 1.82) is 0 Å². The van der Waals surface area contributed by atoms with Crippen molar-refractivity contribution < 1.29 is 32.1 Å². The highest BCUT2D eigenvalue weighted by Gasteiger charge is 2.03. The van der Waals surface area contributed by atoms with E-state index in [0.29, 0.717) is 52.9 Å². The molecule has 0 radical (unpaired) electrons. The van der Waals surface area contributed by atoms with Gasteiger partial charge < -0.3 is 23.7 Å². The molecule has 0 aromatic carbocycles. The van der Waals surface area contributed by atoms with Crippen LogP contribution in [0.15, 0.2) is 0 Å². The standard InChI is InChI=1S/C11H23ClO7S/c1-15-2-3-16-4-5-17-6-7-18-8-9-19-10-11-20(12,13)14/h2-11H2,1H3. The molecule has 0 bridgehead atoms. The Bertz CT molecular complexity index is 297. The zero-order chi connectivity index (χ0) is 15.1. The molecule has 0 saturated heterocycles. The summed E-state index contributed by atoms with van der Waals surface area (Å²) in [6.07, 6.45) is 0. The highest BCUT2D eigenvalue weighted by molar-refractivity contribution is 8.13. The van der Waals surface area contributed by atoms with E-state index in [9.17, 15) is 8.42 Å². The summed E-state index contributed by atoms with van der Waals surface area (Å²) in [6.45, 7) is 3.89. The summed E-state index contributed by atoms with van der Waals surface area (Å²) in [5.41, 5.74) is 0. The zero-order valence-corrected chi connectivity index (χ0v) is 13.3. The SMILES string of the molecule is COCCOCCOCCOCCOCCS(=O)(=O)Cl. The minimum Gasteiger partial charge on any atom is -0.382 e. The number of methoxy groups -OCH3 is 1. The van der Waals surface area contributed by atoms with Crippen LogP contribution in [0.2, 0.25) is 0 Å². The summed E-state index contributed by atoms with van der Waals surface area (Å²) in [5, 5.41) is 0. The summed E-state index contributed by atoms with van der Waals surface area (Å²) in [4.78, 5) is 0. The van der Waals surface area contributed by atoms with E-state index in [1.54, 1.807) is 7.11 Å². The second kappa shape index (κ2) is 14.0. The Morgan fingerprint density at radius 2 is 1.05 bits per heavy atom. The third-order valence-corrected chi connectivity index (χ3v) is 3.14. The van der Waals surface area contributed by atoms with Gasteiger partial charge in [0.1, 0.15) is 0 Å². The van der Waals surface area contributed by atoms with Gasteiger partial charge in [-0.2, -0.15) is 0 Å². The number of rotatable bonds is 15. The fraction of sp³-hybridized carbons (Fsp3) is 1.00. The minimum absolute atomic E-state index is 0.0739. The van der Waals surface area contributed by atoms with Crippen molar-refractivity contribution in [2.75, 3.05) is 72.3 Å². The first-order chi connectivity index (χ1) is 9.56. The third kappa shape index (κ3) is 18.0. The van der Waals surface area contributed by atoms with Crippen molar-refractivity contribution in [3.05, 3.63) is 0 Å². The first kappa shape index (κ1) is 20.0. The first-order valence-corrected chi connectivity index (χ1v) is 8.76. The summed E-state index contributed by atoms with van der Waals surface area (Å²) in [6, 6.07) is 0. The molecule has 0 aliphatic heterocycles. The van der Waals surface area contributed by atoms with Gasteiger partial charge in [-0.1, -0.05) is 0 Å². The molecule has 0 fully saturated rings. The van der Waals surface area contributed by atoms with E-state index in [-0.39, 0.29) is 12.4 Å². The fourth-order valence-electron chi connectivity index (χ4n) is 1.06. The van der Waals surface area contributed by atoms with Crippen LogP contribution >= 0.6 is 10.7 Å². The van der Waals surface area contributed by atoms with E-state index >= 15 is 0 Å². The number of ether oxygens (including phenoxy) is 5. The maximum Gasteiger partial charge on any atom is 0.234 e. The van der Waals surface area contributed by atoms with Crippen LogP contribution < -0.4 is 0 Å². The Balaban J connectivity index is 3.03. The van der Waals surface area contributed by atoms with E-state index in [0.717, 1.165) is 0 Å². The smallest absolute Gasteiger partial charge is 0.234 e. The zero-order valence-electron chi connectivity index (χ0n) is 11.7. The van der Waals surface area contributed by atoms with Gasteiger partial charge in [-0.3, -0.25) is 0 Å². The molecular formula is C11H23ClO7S. The van der Waals surface area contributed by atoms with E-state index in [1.165, 1.54) is 0 Å².